The van der Waals surface area contributed by atoms with Crippen LogP contribution in [0.2, 0.25) is 0 Å². The van der Waals surface area contributed by atoms with Crippen molar-refractivity contribution < 1.29 is 19.1 Å². The third-order valence-electron chi connectivity index (χ3n) is 2.80. The molecule has 4 nitrogen and oxygen atoms in total. The van der Waals surface area contributed by atoms with Gasteiger partial charge < -0.3 is 9.47 Å². The molecule has 0 bridgehead atoms. The number of rotatable bonds is 5. The Balaban J connectivity index is 2.03. The van der Waals surface area contributed by atoms with Crippen LogP contribution in [0, 0.1) is 0 Å². The Kier molecular flexibility index (Phi) is 5.10. The summed E-state index contributed by atoms with van der Waals surface area (Å²) in [7, 11) is 0. The van der Waals surface area contributed by atoms with Crippen LogP contribution in [0.5, 0.6) is 5.75 Å². The molecule has 0 aromatic heterocycles. The first-order valence-corrected chi connectivity index (χ1v) is 6.71. The zero-order valence-corrected chi connectivity index (χ0v) is 11.7. The van der Waals surface area contributed by atoms with Gasteiger partial charge >= 0.3 is 11.9 Å². The first-order valence-electron chi connectivity index (χ1n) is 6.71. The van der Waals surface area contributed by atoms with Gasteiger partial charge in [0, 0.05) is 0 Å². The van der Waals surface area contributed by atoms with Crippen LogP contribution in [0.4, 0.5) is 0 Å². The number of hydrogen-bond donors (Lipinski definition) is 0. The van der Waals surface area contributed by atoms with Crippen molar-refractivity contribution >= 4 is 11.9 Å². The maximum absolute atomic E-state index is 12.0. The predicted octanol–water partition coefficient (Wildman–Crippen LogP) is 3.01. The van der Waals surface area contributed by atoms with Crippen molar-refractivity contribution in [2.45, 2.75) is 13.3 Å². The Morgan fingerprint density at radius 2 is 1.62 bits per heavy atom. The Hall–Kier alpha value is -2.62. The lowest BCUT2D eigenvalue weighted by Crippen LogP contribution is -2.15. The van der Waals surface area contributed by atoms with Gasteiger partial charge in [0.05, 0.1) is 13.0 Å². The van der Waals surface area contributed by atoms with Crippen molar-refractivity contribution in [3.05, 3.63) is 65.7 Å². The normalized spacial score (nSPS) is 9.95. The van der Waals surface area contributed by atoms with Gasteiger partial charge in [0.2, 0.25) is 0 Å². The van der Waals surface area contributed by atoms with Gasteiger partial charge in [-0.1, -0.05) is 42.5 Å². The molecule has 0 aliphatic heterocycles. The van der Waals surface area contributed by atoms with Crippen LogP contribution < -0.4 is 4.74 Å². The predicted molar refractivity (Wildman–Crippen MR) is 78.2 cm³/mol. The highest BCUT2D eigenvalue weighted by Crippen LogP contribution is 2.19. The highest BCUT2D eigenvalue weighted by atomic mass is 16.6. The van der Waals surface area contributed by atoms with Crippen molar-refractivity contribution in [2.24, 2.45) is 0 Å². The van der Waals surface area contributed by atoms with Gasteiger partial charge in [-0.2, -0.15) is 0 Å². The molecule has 0 amide bonds. The fraction of sp³-hybridized carbons (Fsp3) is 0.176. The summed E-state index contributed by atoms with van der Waals surface area (Å²) in [4.78, 5) is 23.8. The molecular formula is C17H16O4. The van der Waals surface area contributed by atoms with Crippen LogP contribution in [0.25, 0.3) is 0 Å². The minimum absolute atomic E-state index is 0.0589. The van der Waals surface area contributed by atoms with E-state index in [4.69, 9.17) is 9.47 Å². The van der Waals surface area contributed by atoms with Gasteiger partial charge in [0.25, 0.3) is 0 Å². The Labute approximate surface area is 123 Å². The number of esters is 2. The van der Waals surface area contributed by atoms with E-state index in [1.807, 2.05) is 25.1 Å². The summed E-state index contributed by atoms with van der Waals surface area (Å²) in [6.07, 6.45) is 0.0589. The molecule has 0 radical (unpaired) electrons. The molecule has 0 saturated carbocycles. The number of carbonyl (C=O) groups excluding carboxylic acids is 2. The standard InChI is InChI=1S/C17H16O4/c1-2-20-15-11-7-6-10-14(15)17(19)21-16(18)12-13-8-4-3-5-9-13/h3-11H,2,12H2,1H3. The topological polar surface area (TPSA) is 52.6 Å². The zero-order valence-electron chi connectivity index (χ0n) is 11.7. The van der Waals surface area contributed by atoms with E-state index in [1.165, 1.54) is 0 Å². The van der Waals surface area contributed by atoms with Crippen LogP contribution in [0.1, 0.15) is 22.8 Å². The summed E-state index contributed by atoms with van der Waals surface area (Å²) < 4.78 is 10.2. The largest absolute Gasteiger partial charge is 0.493 e. The van der Waals surface area contributed by atoms with Crippen molar-refractivity contribution in [3.8, 4) is 5.75 Å². The van der Waals surface area contributed by atoms with Gasteiger partial charge in [0.1, 0.15) is 11.3 Å². The lowest BCUT2D eigenvalue weighted by molar-refractivity contribution is -0.137. The summed E-state index contributed by atoms with van der Waals surface area (Å²) in [5.74, 6) is -0.866. The van der Waals surface area contributed by atoms with Crippen molar-refractivity contribution in [1.29, 1.82) is 0 Å². The smallest absolute Gasteiger partial charge is 0.349 e. The SMILES string of the molecule is CCOc1ccccc1C(=O)OC(=O)Cc1ccccc1. The van der Waals surface area contributed by atoms with Gasteiger partial charge in [-0.25, -0.2) is 4.79 Å². The molecule has 2 aromatic rings. The molecule has 108 valence electrons. The molecule has 0 fully saturated rings. The fourth-order valence-corrected chi connectivity index (χ4v) is 1.87. The summed E-state index contributed by atoms with van der Waals surface area (Å²) in [5.41, 5.74) is 1.05. The highest BCUT2D eigenvalue weighted by molar-refractivity contribution is 5.99. The Morgan fingerprint density at radius 3 is 2.33 bits per heavy atom. The van der Waals surface area contributed by atoms with Crippen molar-refractivity contribution in [2.75, 3.05) is 6.61 Å². The lowest BCUT2D eigenvalue weighted by atomic mass is 10.1. The molecule has 0 saturated heterocycles. The molecule has 0 N–H and O–H groups in total. The van der Waals surface area contributed by atoms with Crippen LogP contribution in [-0.2, 0) is 16.0 Å². The van der Waals surface area contributed by atoms with E-state index < -0.39 is 11.9 Å². The van der Waals surface area contributed by atoms with E-state index in [2.05, 4.69) is 0 Å². The number of carbonyl (C=O) groups is 2. The molecule has 0 spiro atoms. The third kappa shape index (κ3) is 4.18. The first kappa shape index (κ1) is 14.8. The van der Waals surface area contributed by atoms with Gasteiger partial charge in [-0.3, -0.25) is 4.79 Å². The Bertz CT molecular complexity index is 620. The van der Waals surface area contributed by atoms with Gasteiger partial charge in [0.15, 0.2) is 0 Å². The summed E-state index contributed by atoms with van der Waals surface area (Å²) in [5, 5.41) is 0. The number of hydrogen-bond acceptors (Lipinski definition) is 4. The van der Waals surface area contributed by atoms with E-state index >= 15 is 0 Å². The molecule has 2 rings (SSSR count). The summed E-state index contributed by atoms with van der Waals surface area (Å²) >= 11 is 0. The molecular weight excluding hydrogens is 268 g/mol. The average molecular weight is 284 g/mol. The van der Waals surface area contributed by atoms with Crippen molar-refractivity contribution in [1.82, 2.24) is 0 Å². The van der Waals surface area contributed by atoms with Crippen molar-refractivity contribution in [3.63, 3.8) is 0 Å². The molecule has 21 heavy (non-hydrogen) atoms. The molecule has 0 unspecified atom stereocenters. The third-order valence-corrected chi connectivity index (χ3v) is 2.80. The minimum Gasteiger partial charge on any atom is -0.493 e. The van der Waals surface area contributed by atoms with E-state index in [0.29, 0.717) is 12.4 Å². The van der Waals surface area contributed by atoms with E-state index in [-0.39, 0.29) is 12.0 Å². The van der Waals surface area contributed by atoms with E-state index in [0.717, 1.165) is 5.56 Å². The zero-order chi connectivity index (χ0) is 15.1. The highest BCUT2D eigenvalue weighted by Gasteiger charge is 2.17. The second kappa shape index (κ2) is 7.24. The number of ether oxygens (including phenoxy) is 2. The number of benzene rings is 2. The summed E-state index contributed by atoms with van der Waals surface area (Å²) in [6, 6.07) is 15.8. The quantitative estimate of drug-likeness (QED) is 0.625. The molecule has 4 heteroatoms. The lowest BCUT2D eigenvalue weighted by Gasteiger charge is -2.08. The van der Waals surface area contributed by atoms with Gasteiger partial charge in [-0.15, -0.1) is 0 Å². The molecule has 0 heterocycles. The second-order valence-electron chi connectivity index (χ2n) is 4.35. The van der Waals surface area contributed by atoms with E-state index in [9.17, 15) is 9.59 Å². The maximum Gasteiger partial charge on any atom is 0.349 e. The number of para-hydroxylation sites is 1. The summed E-state index contributed by atoms with van der Waals surface area (Å²) in [6.45, 7) is 2.25. The van der Waals surface area contributed by atoms with Crippen LogP contribution in [-0.4, -0.2) is 18.5 Å². The monoisotopic (exact) mass is 284 g/mol. The first-order chi connectivity index (χ1) is 10.2. The minimum atomic E-state index is -0.694. The fourth-order valence-electron chi connectivity index (χ4n) is 1.87. The molecule has 0 aliphatic carbocycles. The molecule has 2 aromatic carbocycles. The van der Waals surface area contributed by atoms with Crippen LogP contribution >= 0.6 is 0 Å². The average Bonchev–Trinajstić information content (AvgIpc) is 2.49. The second-order valence-corrected chi connectivity index (χ2v) is 4.35. The van der Waals surface area contributed by atoms with Crippen LogP contribution in [0.15, 0.2) is 54.6 Å². The maximum atomic E-state index is 12.0. The van der Waals surface area contributed by atoms with Crippen LogP contribution in [0.3, 0.4) is 0 Å². The molecule has 0 aliphatic rings. The van der Waals surface area contributed by atoms with Gasteiger partial charge in [-0.05, 0) is 24.6 Å². The Morgan fingerprint density at radius 1 is 0.952 bits per heavy atom. The van der Waals surface area contributed by atoms with E-state index in [1.54, 1.807) is 36.4 Å². The molecule has 0 atom stereocenters.